The van der Waals surface area contributed by atoms with Crippen molar-refractivity contribution in [1.29, 1.82) is 0 Å². The molecule has 126 valence electrons. The van der Waals surface area contributed by atoms with Gasteiger partial charge in [0.15, 0.2) is 18.1 Å². The normalized spacial score (nSPS) is 10.6. The SMILES string of the molecule is CCOc1cc(/C=N\NC(=O)COc2ccccc2C)ccc1O. The van der Waals surface area contributed by atoms with Gasteiger partial charge in [-0.1, -0.05) is 18.2 Å². The molecule has 0 radical (unpaired) electrons. The molecule has 0 aromatic heterocycles. The summed E-state index contributed by atoms with van der Waals surface area (Å²) in [6, 6.07) is 12.3. The molecule has 0 heterocycles. The number of nitrogens with one attached hydrogen (secondary N) is 1. The first-order valence-corrected chi connectivity index (χ1v) is 7.56. The maximum atomic E-state index is 11.7. The van der Waals surface area contributed by atoms with E-state index in [0.29, 0.717) is 23.7 Å². The van der Waals surface area contributed by atoms with Crippen LogP contribution in [0.5, 0.6) is 17.2 Å². The number of hydrogen-bond donors (Lipinski definition) is 2. The number of nitrogens with zero attached hydrogens (tertiary/aromatic N) is 1. The Labute approximate surface area is 140 Å². The second-order valence-corrected chi connectivity index (χ2v) is 5.01. The Morgan fingerprint density at radius 2 is 2.00 bits per heavy atom. The Morgan fingerprint density at radius 3 is 2.75 bits per heavy atom. The smallest absolute Gasteiger partial charge is 0.277 e. The highest BCUT2D eigenvalue weighted by molar-refractivity contribution is 5.83. The van der Waals surface area contributed by atoms with Crippen LogP contribution in [0, 0.1) is 6.92 Å². The van der Waals surface area contributed by atoms with E-state index in [1.165, 1.54) is 12.3 Å². The van der Waals surface area contributed by atoms with Crippen molar-refractivity contribution in [2.45, 2.75) is 13.8 Å². The number of hydrazone groups is 1. The topological polar surface area (TPSA) is 80.2 Å². The van der Waals surface area contributed by atoms with Crippen LogP contribution >= 0.6 is 0 Å². The summed E-state index contributed by atoms with van der Waals surface area (Å²) in [6.45, 7) is 4.06. The summed E-state index contributed by atoms with van der Waals surface area (Å²) in [5.74, 6) is 0.732. The van der Waals surface area contributed by atoms with Gasteiger partial charge in [-0.2, -0.15) is 5.10 Å². The molecule has 0 unspecified atom stereocenters. The zero-order valence-corrected chi connectivity index (χ0v) is 13.7. The van der Waals surface area contributed by atoms with E-state index >= 15 is 0 Å². The van der Waals surface area contributed by atoms with Crippen molar-refractivity contribution in [3.05, 3.63) is 53.6 Å². The summed E-state index contributed by atoms with van der Waals surface area (Å²) in [7, 11) is 0. The third kappa shape index (κ3) is 5.01. The number of rotatable bonds is 7. The summed E-state index contributed by atoms with van der Waals surface area (Å²) in [4.78, 5) is 11.7. The van der Waals surface area contributed by atoms with Crippen molar-refractivity contribution < 1.29 is 19.4 Å². The zero-order valence-electron chi connectivity index (χ0n) is 13.7. The molecule has 0 atom stereocenters. The number of ether oxygens (including phenoxy) is 2. The first-order chi connectivity index (χ1) is 11.6. The first kappa shape index (κ1) is 17.3. The minimum Gasteiger partial charge on any atom is -0.504 e. The molecule has 0 aliphatic heterocycles. The fourth-order valence-electron chi connectivity index (χ4n) is 1.95. The fourth-order valence-corrected chi connectivity index (χ4v) is 1.95. The van der Waals surface area contributed by atoms with Gasteiger partial charge in [0, 0.05) is 0 Å². The average molecular weight is 328 g/mol. The average Bonchev–Trinajstić information content (AvgIpc) is 2.57. The lowest BCUT2D eigenvalue weighted by Gasteiger charge is -2.07. The van der Waals surface area contributed by atoms with Crippen molar-refractivity contribution in [3.63, 3.8) is 0 Å². The van der Waals surface area contributed by atoms with E-state index in [-0.39, 0.29) is 18.3 Å². The van der Waals surface area contributed by atoms with Crippen molar-refractivity contribution >= 4 is 12.1 Å². The Hall–Kier alpha value is -3.02. The van der Waals surface area contributed by atoms with Gasteiger partial charge in [0.2, 0.25) is 0 Å². The number of aryl methyl sites for hydroxylation is 1. The van der Waals surface area contributed by atoms with Crippen molar-refractivity contribution in [3.8, 4) is 17.2 Å². The molecule has 0 saturated carbocycles. The molecule has 0 fully saturated rings. The van der Waals surface area contributed by atoms with Crippen LogP contribution in [0.25, 0.3) is 0 Å². The predicted molar refractivity (Wildman–Crippen MR) is 91.7 cm³/mol. The number of carbonyl (C=O) groups is 1. The molecular formula is C18H20N2O4. The van der Waals surface area contributed by atoms with Gasteiger partial charge in [0.05, 0.1) is 12.8 Å². The Balaban J connectivity index is 1.86. The highest BCUT2D eigenvalue weighted by Crippen LogP contribution is 2.26. The Kier molecular flexibility index (Phi) is 6.19. The molecule has 0 saturated heterocycles. The Bertz CT molecular complexity index is 729. The monoisotopic (exact) mass is 328 g/mol. The predicted octanol–water partition coefficient (Wildman–Crippen LogP) is 2.63. The highest BCUT2D eigenvalue weighted by atomic mass is 16.5. The van der Waals surface area contributed by atoms with E-state index < -0.39 is 0 Å². The quantitative estimate of drug-likeness (QED) is 0.605. The fraction of sp³-hybridized carbons (Fsp3) is 0.222. The van der Waals surface area contributed by atoms with Crippen molar-refractivity contribution in [1.82, 2.24) is 5.43 Å². The number of hydrogen-bond acceptors (Lipinski definition) is 5. The molecule has 0 aliphatic rings. The number of amides is 1. The van der Waals surface area contributed by atoms with Crippen LogP contribution in [-0.2, 0) is 4.79 Å². The Morgan fingerprint density at radius 1 is 1.21 bits per heavy atom. The van der Waals surface area contributed by atoms with Crippen molar-refractivity contribution in [2.75, 3.05) is 13.2 Å². The lowest BCUT2D eigenvalue weighted by atomic mass is 10.2. The third-order valence-corrected chi connectivity index (χ3v) is 3.14. The molecule has 0 spiro atoms. The summed E-state index contributed by atoms with van der Waals surface area (Å²) in [5.41, 5.74) is 4.04. The van der Waals surface area contributed by atoms with E-state index in [1.807, 2.05) is 32.0 Å². The van der Waals surface area contributed by atoms with Gasteiger partial charge in [-0.05, 0) is 49.2 Å². The lowest BCUT2D eigenvalue weighted by molar-refractivity contribution is -0.123. The van der Waals surface area contributed by atoms with Gasteiger partial charge in [-0.3, -0.25) is 4.79 Å². The van der Waals surface area contributed by atoms with Crippen LogP contribution in [0.15, 0.2) is 47.6 Å². The second-order valence-electron chi connectivity index (χ2n) is 5.01. The number of benzene rings is 2. The summed E-state index contributed by atoms with van der Waals surface area (Å²) in [6.07, 6.45) is 1.47. The van der Waals surface area contributed by atoms with E-state index in [0.717, 1.165) is 5.56 Å². The van der Waals surface area contributed by atoms with Gasteiger partial charge in [0.1, 0.15) is 5.75 Å². The highest BCUT2D eigenvalue weighted by Gasteiger charge is 2.04. The van der Waals surface area contributed by atoms with Gasteiger partial charge < -0.3 is 14.6 Å². The summed E-state index contributed by atoms with van der Waals surface area (Å²) >= 11 is 0. The molecule has 6 heteroatoms. The maximum Gasteiger partial charge on any atom is 0.277 e. The van der Waals surface area contributed by atoms with Gasteiger partial charge >= 0.3 is 0 Å². The van der Waals surface area contributed by atoms with E-state index in [2.05, 4.69) is 10.5 Å². The van der Waals surface area contributed by atoms with Crippen LogP contribution in [0.3, 0.4) is 0 Å². The minimum atomic E-state index is -0.363. The molecule has 2 N–H and O–H groups in total. The lowest BCUT2D eigenvalue weighted by Crippen LogP contribution is -2.24. The van der Waals surface area contributed by atoms with E-state index in [4.69, 9.17) is 9.47 Å². The number of phenolic OH excluding ortho intramolecular Hbond substituents is 1. The summed E-state index contributed by atoms with van der Waals surface area (Å²) < 4.78 is 10.7. The molecule has 2 rings (SSSR count). The molecule has 0 aliphatic carbocycles. The zero-order chi connectivity index (χ0) is 17.4. The standard InChI is InChI=1S/C18H20N2O4/c1-3-23-17-10-14(8-9-15(17)21)11-19-20-18(22)12-24-16-7-5-4-6-13(16)2/h4-11,21H,3,12H2,1-2H3,(H,20,22)/b19-11-. The van der Waals surface area contributed by atoms with Crippen LogP contribution in [0.1, 0.15) is 18.1 Å². The number of para-hydroxylation sites is 1. The number of aromatic hydroxyl groups is 1. The third-order valence-electron chi connectivity index (χ3n) is 3.14. The van der Waals surface area contributed by atoms with Crippen LogP contribution < -0.4 is 14.9 Å². The molecule has 6 nitrogen and oxygen atoms in total. The van der Waals surface area contributed by atoms with Crippen LogP contribution in [-0.4, -0.2) is 30.4 Å². The van der Waals surface area contributed by atoms with Crippen molar-refractivity contribution in [2.24, 2.45) is 5.10 Å². The first-order valence-electron chi connectivity index (χ1n) is 7.56. The van der Waals surface area contributed by atoms with E-state index in [1.54, 1.807) is 18.2 Å². The number of carbonyl (C=O) groups excluding carboxylic acids is 1. The molecule has 1 amide bonds. The molecule has 2 aromatic carbocycles. The van der Waals surface area contributed by atoms with Crippen LogP contribution in [0.4, 0.5) is 0 Å². The molecule has 2 aromatic rings. The largest absolute Gasteiger partial charge is 0.504 e. The molecule has 0 bridgehead atoms. The van der Waals surface area contributed by atoms with Gasteiger partial charge in [-0.25, -0.2) is 5.43 Å². The van der Waals surface area contributed by atoms with Gasteiger partial charge in [0.25, 0.3) is 5.91 Å². The second kappa shape index (κ2) is 8.57. The minimum absolute atomic E-state index is 0.0599. The van der Waals surface area contributed by atoms with Crippen LogP contribution in [0.2, 0.25) is 0 Å². The number of phenols is 1. The molecular weight excluding hydrogens is 308 g/mol. The maximum absolute atomic E-state index is 11.7. The van der Waals surface area contributed by atoms with Gasteiger partial charge in [-0.15, -0.1) is 0 Å². The van der Waals surface area contributed by atoms with E-state index in [9.17, 15) is 9.90 Å². The molecule has 24 heavy (non-hydrogen) atoms. The summed E-state index contributed by atoms with van der Waals surface area (Å²) in [5, 5.41) is 13.5.